The first-order chi connectivity index (χ1) is 14.2. The van der Waals surface area contributed by atoms with E-state index < -0.39 is 0 Å². The predicted octanol–water partition coefficient (Wildman–Crippen LogP) is 4.70. The van der Waals surface area contributed by atoms with Crippen LogP contribution in [0.4, 0.5) is 11.5 Å². The smallest absolute Gasteiger partial charge is 0.263 e. The highest BCUT2D eigenvalue weighted by Crippen LogP contribution is 2.31. The van der Waals surface area contributed by atoms with Crippen LogP contribution >= 0.6 is 0 Å². The zero-order valence-electron chi connectivity index (χ0n) is 16.9. The molecule has 0 bridgehead atoms. The van der Waals surface area contributed by atoms with Gasteiger partial charge in [-0.1, -0.05) is 43.3 Å². The number of nitrogens with zero attached hydrogens (tertiary/aromatic N) is 2. The molecule has 4 aromatic rings. The van der Waals surface area contributed by atoms with Crippen LogP contribution < -0.4 is 16.2 Å². The second kappa shape index (κ2) is 7.80. The number of aromatic nitrogens is 2. The normalized spacial score (nSPS) is 10.9. The van der Waals surface area contributed by atoms with Crippen LogP contribution in [0.2, 0.25) is 0 Å². The van der Waals surface area contributed by atoms with Crippen molar-refractivity contribution in [1.82, 2.24) is 9.55 Å². The molecule has 0 fully saturated rings. The Bertz CT molecular complexity index is 1230. The van der Waals surface area contributed by atoms with Crippen molar-refractivity contribution in [3.05, 3.63) is 82.9 Å². The number of hydrogen-bond acceptors (Lipinski definition) is 4. The molecule has 2 heterocycles. The minimum atomic E-state index is -0.00940. The third-order valence-corrected chi connectivity index (χ3v) is 5.20. The van der Waals surface area contributed by atoms with Crippen molar-refractivity contribution in [1.29, 1.82) is 0 Å². The first-order valence-electron chi connectivity index (χ1n) is 9.77. The summed E-state index contributed by atoms with van der Waals surface area (Å²) in [6.45, 7) is 2.07. The van der Waals surface area contributed by atoms with Crippen molar-refractivity contribution in [2.75, 3.05) is 24.7 Å². The number of para-hydroxylation sites is 1. The molecule has 2 aromatic carbocycles. The molecule has 0 aliphatic carbocycles. The van der Waals surface area contributed by atoms with Gasteiger partial charge < -0.3 is 10.6 Å². The van der Waals surface area contributed by atoms with Crippen LogP contribution in [0.1, 0.15) is 12.6 Å². The number of rotatable bonds is 5. The summed E-state index contributed by atoms with van der Waals surface area (Å²) in [7, 11) is 3.70. The number of benzene rings is 2. The summed E-state index contributed by atoms with van der Waals surface area (Å²) >= 11 is 0. The number of hydrogen-bond donors (Lipinski definition) is 2. The summed E-state index contributed by atoms with van der Waals surface area (Å²) in [6, 6.07) is 19.9. The number of aryl methyl sites for hydroxylation is 1. The van der Waals surface area contributed by atoms with Gasteiger partial charge in [0, 0.05) is 37.2 Å². The average molecular weight is 384 g/mol. The molecular formula is C24H24N4O. The lowest BCUT2D eigenvalue weighted by Crippen LogP contribution is -2.22. The summed E-state index contributed by atoms with van der Waals surface area (Å²) in [5.41, 5.74) is 4.53. The Balaban J connectivity index is 2.04. The third kappa shape index (κ3) is 3.25. The van der Waals surface area contributed by atoms with Crippen LogP contribution in [0.3, 0.4) is 0 Å². The van der Waals surface area contributed by atoms with E-state index in [2.05, 4.69) is 28.6 Å². The van der Waals surface area contributed by atoms with E-state index in [1.165, 1.54) is 0 Å². The summed E-state index contributed by atoms with van der Waals surface area (Å²) in [6.07, 6.45) is 2.58. The molecule has 0 saturated heterocycles. The second-order valence-electron chi connectivity index (χ2n) is 6.86. The largest absolute Gasteiger partial charge is 0.385 e. The summed E-state index contributed by atoms with van der Waals surface area (Å²) < 4.78 is 1.82. The van der Waals surface area contributed by atoms with E-state index in [1.54, 1.807) is 0 Å². The lowest BCUT2D eigenvalue weighted by Gasteiger charge is -2.16. The van der Waals surface area contributed by atoms with Crippen LogP contribution in [0.15, 0.2) is 71.7 Å². The maximum Gasteiger partial charge on any atom is 0.263 e. The molecule has 0 atom stereocenters. The minimum absolute atomic E-state index is 0.00940. The molecule has 0 aliphatic heterocycles. The quantitative estimate of drug-likeness (QED) is 0.524. The number of pyridine rings is 2. The molecular weight excluding hydrogens is 360 g/mol. The summed E-state index contributed by atoms with van der Waals surface area (Å²) in [5.74, 6) is 0.770. The lowest BCUT2D eigenvalue weighted by atomic mass is 9.99. The topological polar surface area (TPSA) is 59.0 Å². The Morgan fingerprint density at radius 2 is 1.76 bits per heavy atom. The second-order valence-corrected chi connectivity index (χ2v) is 6.86. The Morgan fingerprint density at radius 3 is 2.45 bits per heavy atom. The zero-order chi connectivity index (χ0) is 20.4. The molecule has 0 saturated carbocycles. The van der Waals surface area contributed by atoms with Crippen LogP contribution in [0.5, 0.6) is 0 Å². The van der Waals surface area contributed by atoms with E-state index in [9.17, 15) is 4.79 Å². The molecule has 0 spiro atoms. The molecule has 2 aromatic heterocycles. The molecule has 5 nitrogen and oxygen atoms in total. The van der Waals surface area contributed by atoms with Crippen molar-refractivity contribution in [3.8, 4) is 16.8 Å². The van der Waals surface area contributed by atoms with Gasteiger partial charge in [0.2, 0.25) is 0 Å². The highest BCUT2D eigenvalue weighted by Gasteiger charge is 2.15. The van der Waals surface area contributed by atoms with Crippen molar-refractivity contribution < 1.29 is 0 Å². The fourth-order valence-corrected chi connectivity index (χ4v) is 3.78. The predicted molar refractivity (Wildman–Crippen MR) is 121 cm³/mol. The molecule has 0 radical (unpaired) electrons. The van der Waals surface area contributed by atoms with Crippen molar-refractivity contribution in [2.45, 2.75) is 13.3 Å². The Hall–Kier alpha value is -3.60. The maximum atomic E-state index is 13.7. The number of nitrogens with one attached hydrogen (secondary N) is 2. The molecule has 5 heteroatoms. The number of fused-ring (bicyclic) bond motifs is 1. The van der Waals surface area contributed by atoms with Gasteiger partial charge in [0.05, 0.1) is 11.1 Å². The molecule has 29 heavy (non-hydrogen) atoms. The first-order valence-corrected chi connectivity index (χ1v) is 9.77. The number of anilines is 2. The molecule has 2 N–H and O–H groups in total. The average Bonchev–Trinajstić information content (AvgIpc) is 2.78. The van der Waals surface area contributed by atoms with Crippen molar-refractivity contribution >= 4 is 22.3 Å². The Labute approximate surface area is 170 Å². The maximum absolute atomic E-state index is 13.7. The molecule has 146 valence electrons. The van der Waals surface area contributed by atoms with E-state index in [-0.39, 0.29) is 5.56 Å². The Kier molecular flexibility index (Phi) is 5.04. The fourth-order valence-electron chi connectivity index (χ4n) is 3.78. The van der Waals surface area contributed by atoms with Gasteiger partial charge in [0.15, 0.2) is 0 Å². The van der Waals surface area contributed by atoms with Gasteiger partial charge in [0.25, 0.3) is 5.56 Å². The van der Waals surface area contributed by atoms with Gasteiger partial charge >= 0.3 is 0 Å². The van der Waals surface area contributed by atoms with Gasteiger partial charge in [-0.15, -0.1) is 0 Å². The zero-order valence-corrected chi connectivity index (χ0v) is 16.9. The summed E-state index contributed by atoms with van der Waals surface area (Å²) in [5, 5.41) is 7.89. The van der Waals surface area contributed by atoms with Crippen molar-refractivity contribution in [2.24, 2.45) is 0 Å². The third-order valence-electron chi connectivity index (χ3n) is 5.20. The van der Waals surface area contributed by atoms with Crippen LogP contribution in [0.25, 0.3) is 27.6 Å². The Morgan fingerprint density at radius 1 is 0.966 bits per heavy atom. The highest BCUT2D eigenvalue weighted by molar-refractivity contribution is 5.97. The van der Waals surface area contributed by atoms with Gasteiger partial charge in [-0.3, -0.25) is 9.36 Å². The lowest BCUT2D eigenvalue weighted by molar-refractivity contribution is 0.889. The van der Waals surface area contributed by atoms with Gasteiger partial charge in [0.1, 0.15) is 5.82 Å². The monoisotopic (exact) mass is 384 g/mol. The molecule has 0 amide bonds. The first kappa shape index (κ1) is 18.7. The minimum Gasteiger partial charge on any atom is -0.385 e. The van der Waals surface area contributed by atoms with E-state index in [0.717, 1.165) is 45.8 Å². The van der Waals surface area contributed by atoms with Crippen LogP contribution in [-0.2, 0) is 6.42 Å². The van der Waals surface area contributed by atoms with Crippen LogP contribution in [-0.4, -0.2) is 23.6 Å². The van der Waals surface area contributed by atoms with E-state index >= 15 is 0 Å². The fraction of sp³-hybridized carbons (Fsp3) is 0.167. The highest BCUT2D eigenvalue weighted by atomic mass is 16.1. The van der Waals surface area contributed by atoms with Gasteiger partial charge in [-0.05, 0) is 41.6 Å². The van der Waals surface area contributed by atoms with Crippen LogP contribution in [0, 0.1) is 0 Å². The standard InChI is InChI=1S/C24H24N4O/c1-4-18-13-16-9-8-12-20(17-14-21(25-2)23(26-3)27-15-17)22(16)24(29)28(18)19-10-6-5-7-11-19/h5-15,25H,4H2,1-3H3,(H,26,27). The summed E-state index contributed by atoms with van der Waals surface area (Å²) in [4.78, 5) is 18.2. The molecule has 0 unspecified atom stereocenters. The molecule has 4 rings (SSSR count). The SMILES string of the molecule is CCc1cc2cccc(-c3cnc(NC)c(NC)c3)c2c(=O)n1-c1ccccc1. The van der Waals surface area contributed by atoms with E-state index in [4.69, 9.17) is 0 Å². The molecule has 0 aliphatic rings. The van der Waals surface area contributed by atoms with Gasteiger partial charge in [-0.25, -0.2) is 4.98 Å². The van der Waals surface area contributed by atoms with Crippen molar-refractivity contribution in [3.63, 3.8) is 0 Å². The van der Waals surface area contributed by atoms with E-state index in [1.807, 2.05) is 79.5 Å². The van der Waals surface area contributed by atoms with E-state index in [0.29, 0.717) is 5.39 Å². The van der Waals surface area contributed by atoms with Gasteiger partial charge in [-0.2, -0.15) is 0 Å².